The zero-order valence-corrected chi connectivity index (χ0v) is 15.9. The second-order valence-corrected chi connectivity index (χ2v) is 6.66. The Morgan fingerprint density at radius 3 is 2.44 bits per heavy atom. The Morgan fingerprint density at radius 1 is 1.16 bits per heavy atom. The number of benzene rings is 2. The summed E-state index contributed by atoms with van der Waals surface area (Å²) in [6, 6.07) is 10.6. The highest BCUT2D eigenvalue weighted by molar-refractivity contribution is 8.00. The molecule has 0 saturated carbocycles. The number of halogens is 2. The second kappa shape index (κ2) is 9.56. The van der Waals surface area contributed by atoms with Crippen LogP contribution in [0.15, 0.2) is 46.4 Å². The van der Waals surface area contributed by atoms with Crippen molar-refractivity contribution in [2.24, 2.45) is 5.10 Å². The third kappa shape index (κ3) is 5.85. The Kier molecular flexibility index (Phi) is 7.43. The highest BCUT2D eigenvalue weighted by Gasteiger charge is 2.08. The van der Waals surface area contributed by atoms with E-state index in [-0.39, 0.29) is 11.7 Å². The largest absolute Gasteiger partial charge is 0.493 e. The fourth-order valence-electron chi connectivity index (χ4n) is 1.85. The van der Waals surface area contributed by atoms with Gasteiger partial charge in [-0.2, -0.15) is 5.10 Å². The van der Waals surface area contributed by atoms with Crippen LogP contribution < -0.4 is 14.9 Å². The molecule has 132 valence electrons. The Morgan fingerprint density at radius 2 is 1.80 bits per heavy atom. The van der Waals surface area contributed by atoms with E-state index in [1.165, 1.54) is 32.2 Å². The molecular formula is C17H16Cl2N2O3S. The van der Waals surface area contributed by atoms with Gasteiger partial charge in [0.15, 0.2) is 11.5 Å². The molecular weight excluding hydrogens is 383 g/mol. The summed E-state index contributed by atoms with van der Waals surface area (Å²) in [5.74, 6) is 1.05. The van der Waals surface area contributed by atoms with Crippen LogP contribution in [0.2, 0.25) is 10.0 Å². The third-order valence-corrected chi connectivity index (χ3v) is 4.67. The molecule has 0 unspecified atom stereocenters. The number of methoxy groups -OCH3 is 2. The van der Waals surface area contributed by atoms with Crippen LogP contribution >= 0.6 is 35.0 Å². The highest BCUT2D eigenvalue weighted by atomic mass is 35.5. The molecule has 25 heavy (non-hydrogen) atoms. The topological polar surface area (TPSA) is 59.9 Å². The molecule has 0 radical (unpaired) electrons. The molecule has 5 nitrogen and oxygen atoms in total. The summed E-state index contributed by atoms with van der Waals surface area (Å²) >= 11 is 13.4. The minimum absolute atomic E-state index is 0.229. The third-order valence-electron chi connectivity index (χ3n) is 3.08. The summed E-state index contributed by atoms with van der Waals surface area (Å²) in [5, 5.41) is 5.01. The monoisotopic (exact) mass is 398 g/mol. The highest BCUT2D eigenvalue weighted by Crippen LogP contribution is 2.32. The molecule has 8 heteroatoms. The second-order valence-electron chi connectivity index (χ2n) is 4.76. The Balaban J connectivity index is 1.91. The molecule has 0 aromatic heterocycles. The van der Waals surface area contributed by atoms with Gasteiger partial charge in [0.25, 0.3) is 0 Å². The van der Waals surface area contributed by atoms with E-state index in [0.717, 1.165) is 4.90 Å². The number of amides is 1. The lowest BCUT2D eigenvalue weighted by Gasteiger charge is -2.09. The van der Waals surface area contributed by atoms with Crippen LogP contribution in [0.5, 0.6) is 11.5 Å². The van der Waals surface area contributed by atoms with Gasteiger partial charge in [-0.15, -0.1) is 11.8 Å². The van der Waals surface area contributed by atoms with Crippen LogP contribution in [0.25, 0.3) is 0 Å². The summed E-state index contributed by atoms with van der Waals surface area (Å²) in [4.78, 5) is 12.8. The van der Waals surface area contributed by atoms with Crippen molar-refractivity contribution in [3.63, 3.8) is 0 Å². The van der Waals surface area contributed by atoms with Crippen LogP contribution in [0.3, 0.4) is 0 Å². The van der Waals surface area contributed by atoms with Crippen LogP contribution in [-0.4, -0.2) is 32.1 Å². The Hall–Kier alpha value is -1.89. The summed E-state index contributed by atoms with van der Waals surface area (Å²) in [5.41, 5.74) is 3.06. The van der Waals surface area contributed by atoms with E-state index in [2.05, 4.69) is 10.5 Å². The molecule has 2 rings (SSSR count). The molecule has 2 aromatic rings. The number of nitrogens with one attached hydrogen (secondary N) is 1. The maximum absolute atomic E-state index is 11.8. The number of ether oxygens (including phenoxy) is 2. The Bertz CT molecular complexity index is 767. The summed E-state index contributed by atoms with van der Waals surface area (Å²) < 4.78 is 10.4. The lowest BCUT2D eigenvalue weighted by atomic mass is 10.2. The Labute approximate surface area is 160 Å². The van der Waals surface area contributed by atoms with Gasteiger partial charge in [-0.3, -0.25) is 4.79 Å². The van der Waals surface area contributed by atoms with E-state index in [0.29, 0.717) is 27.1 Å². The van der Waals surface area contributed by atoms with E-state index < -0.39 is 0 Å². The van der Waals surface area contributed by atoms with Gasteiger partial charge < -0.3 is 9.47 Å². The molecule has 0 spiro atoms. The molecule has 0 aliphatic heterocycles. The number of nitrogens with zero attached hydrogens (tertiary/aromatic N) is 1. The molecule has 0 aliphatic carbocycles. The smallest absolute Gasteiger partial charge is 0.250 e. The average molecular weight is 399 g/mol. The van der Waals surface area contributed by atoms with Crippen LogP contribution in [0.4, 0.5) is 0 Å². The molecule has 0 aliphatic rings. The molecule has 1 N–H and O–H groups in total. The van der Waals surface area contributed by atoms with Crippen molar-refractivity contribution in [2.75, 3.05) is 20.0 Å². The molecule has 1 amide bonds. The van der Waals surface area contributed by atoms with Crippen molar-refractivity contribution < 1.29 is 14.3 Å². The number of hydrogen-bond acceptors (Lipinski definition) is 5. The van der Waals surface area contributed by atoms with Gasteiger partial charge >= 0.3 is 0 Å². The zero-order valence-electron chi connectivity index (χ0n) is 13.6. The quantitative estimate of drug-likeness (QED) is 0.430. The van der Waals surface area contributed by atoms with Crippen LogP contribution in [-0.2, 0) is 4.79 Å². The van der Waals surface area contributed by atoms with E-state index >= 15 is 0 Å². The van der Waals surface area contributed by atoms with Gasteiger partial charge in [-0.05, 0) is 30.3 Å². The fraction of sp³-hybridized carbons (Fsp3) is 0.176. The number of thioether (sulfide) groups is 1. The van der Waals surface area contributed by atoms with Gasteiger partial charge in [0, 0.05) is 21.5 Å². The van der Waals surface area contributed by atoms with Crippen molar-refractivity contribution >= 4 is 47.1 Å². The van der Waals surface area contributed by atoms with Crippen molar-refractivity contribution in [2.45, 2.75) is 4.90 Å². The minimum atomic E-state index is -0.229. The van der Waals surface area contributed by atoms with E-state index in [1.54, 1.807) is 24.3 Å². The molecule has 0 saturated heterocycles. The average Bonchev–Trinajstić information content (AvgIpc) is 2.62. The van der Waals surface area contributed by atoms with Gasteiger partial charge in [-0.25, -0.2) is 5.43 Å². The first kappa shape index (κ1) is 19.4. The summed E-state index contributed by atoms with van der Waals surface area (Å²) in [6.07, 6.45) is 1.45. The standard InChI is InChI=1S/C17H16Cl2N2O3S/c1-23-15-7-11(14(19)8-16(15)24-2)9-20-21-17(22)10-25-13-5-3-12(18)4-6-13/h3-9H,10H2,1-2H3,(H,21,22)/b20-9-. The first-order chi connectivity index (χ1) is 12.0. The predicted octanol–water partition coefficient (Wildman–Crippen LogP) is 4.25. The van der Waals surface area contributed by atoms with Crippen molar-refractivity contribution in [1.29, 1.82) is 0 Å². The van der Waals surface area contributed by atoms with Gasteiger partial charge in [-0.1, -0.05) is 23.2 Å². The predicted molar refractivity (Wildman–Crippen MR) is 102 cm³/mol. The molecule has 0 atom stereocenters. The number of rotatable bonds is 7. The van der Waals surface area contributed by atoms with E-state index in [9.17, 15) is 4.79 Å². The summed E-state index contributed by atoms with van der Waals surface area (Å²) in [7, 11) is 3.06. The first-order valence-corrected chi connectivity index (χ1v) is 8.89. The number of hydrazone groups is 1. The van der Waals surface area contributed by atoms with Gasteiger partial charge in [0.1, 0.15) is 0 Å². The van der Waals surface area contributed by atoms with Gasteiger partial charge in [0.05, 0.1) is 31.2 Å². The number of hydrogen-bond donors (Lipinski definition) is 1. The fourth-order valence-corrected chi connectivity index (χ4v) is 2.87. The molecule has 0 heterocycles. The maximum atomic E-state index is 11.8. The molecule has 0 fully saturated rings. The van der Waals surface area contributed by atoms with Crippen LogP contribution in [0.1, 0.15) is 5.56 Å². The lowest BCUT2D eigenvalue weighted by molar-refractivity contribution is -0.118. The number of carbonyl (C=O) groups is 1. The van der Waals surface area contributed by atoms with Crippen LogP contribution in [0, 0.1) is 0 Å². The van der Waals surface area contributed by atoms with E-state index in [4.69, 9.17) is 32.7 Å². The first-order valence-electron chi connectivity index (χ1n) is 7.15. The molecule has 2 aromatic carbocycles. The van der Waals surface area contributed by atoms with E-state index in [1.807, 2.05) is 12.1 Å². The molecule has 0 bridgehead atoms. The minimum Gasteiger partial charge on any atom is -0.493 e. The zero-order chi connectivity index (χ0) is 18.2. The SMILES string of the molecule is COc1cc(Cl)c(/C=N\NC(=O)CSc2ccc(Cl)cc2)cc1OC. The summed E-state index contributed by atoms with van der Waals surface area (Å²) in [6.45, 7) is 0. The number of carbonyl (C=O) groups excluding carboxylic acids is 1. The van der Waals surface area contributed by atoms with Gasteiger partial charge in [0.2, 0.25) is 5.91 Å². The normalized spacial score (nSPS) is 10.7. The van der Waals surface area contributed by atoms with Crippen molar-refractivity contribution in [1.82, 2.24) is 5.43 Å². The van der Waals surface area contributed by atoms with Crippen molar-refractivity contribution in [3.05, 3.63) is 52.0 Å². The lowest BCUT2D eigenvalue weighted by Crippen LogP contribution is -2.19. The van der Waals surface area contributed by atoms with Crippen molar-refractivity contribution in [3.8, 4) is 11.5 Å². The maximum Gasteiger partial charge on any atom is 0.250 e.